The Bertz CT molecular complexity index is 406. The zero-order valence-electron chi connectivity index (χ0n) is 9.39. The van der Waals surface area contributed by atoms with Crippen LogP contribution in [0.25, 0.3) is 0 Å². The maximum absolute atomic E-state index is 11.3. The Labute approximate surface area is 94.5 Å². The summed E-state index contributed by atoms with van der Waals surface area (Å²) in [6, 6.07) is 0. The summed E-state index contributed by atoms with van der Waals surface area (Å²) >= 11 is 0. The van der Waals surface area contributed by atoms with Crippen molar-refractivity contribution in [1.29, 1.82) is 0 Å². The minimum Gasteiger partial charge on any atom is -0.433 e. The quantitative estimate of drug-likeness (QED) is 0.629. The van der Waals surface area contributed by atoms with Gasteiger partial charge in [0.25, 0.3) is 0 Å². The molecular formula is C13H16O3. The second-order valence-corrected chi connectivity index (χ2v) is 6.50. The summed E-state index contributed by atoms with van der Waals surface area (Å²) in [6.07, 6.45) is 4.05. The first-order valence-corrected chi connectivity index (χ1v) is 6.57. The minimum atomic E-state index is -0.490. The number of carbonyl (C=O) groups excluding carboxylic acids is 1. The Kier molecular flexibility index (Phi) is 1.17. The third-order valence-electron chi connectivity index (χ3n) is 6.19. The standard InChI is InChI=1S/C13H16O3/c1-5(14)15-13-4-9-6-3-10(16-13)11-7(6)2-8(9)12(11)13/h6-12H,2-4H2,1H3/t6-,7-,8?,9-,10+,11-,12?,13-/m0/s1. The molecule has 4 aliphatic carbocycles. The molecule has 16 heavy (non-hydrogen) atoms. The molecule has 0 radical (unpaired) electrons. The summed E-state index contributed by atoms with van der Waals surface area (Å²) < 4.78 is 11.8. The molecule has 2 bridgehead atoms. The van der Waals surface area contributed by atoms with Crippen molar-refractivity contribution in [3.8, 4) is 0 Å². The Morgan fingerprint density at radius 1 is 1.25 bits per heavy atom. The molecule has 0 aromatic rings. The number of rotatable bonds is 1. The Morgan fingerprint density at radius 2 is 2.12 bits per heavy atom. The molecule has 0 N–H and O–H groups in total. The molecule has 5 rings (SSSR count). The van der Waals surface area contributed by atoms with Gasteiger partial charge in [-0.3, -0.25) is 4.79 Å². The molecule has 0 amide bonds. The smallest absolute Gasteiger partial charge is 0.305 e. The molecule has 4 saturated carbocycles. The van der Waals surface area contributed by atoms with Crippen LogP contribution in [0, 0.1) is 35.5 Å². The van der Waals surface area contributed by atoms with Crippen LogP contribution in [0.4, 0.5) is 0 Å². The van der Waals surface area contributed by atoms with Crippen molar-refractivity contribution >= 4 is 5.97 Å². The van der Waals surface area contributed by atoms with Crippen molar-refractivity contribution in [3.05, 3.63) is 0 Å². The highest BCUT2D eigenvalue weighted by atomic mass is 16.7. The van der Waals surface area contributed by atoms with E-state index in [2.05, 4.69) is 0 Å². The van der Waals surface area contributed by atoms with Crippen LogP contribution in [0.3, 0.4) is 0 Å². The van der Waals surface area contributed by atoms with Crippen molar-refractivity contribution in [2.24, 2.45) is 35.5 Å². The third kappa shape index (κ3) is 0.652. The summed E-state index contributed by atoms with van der Waals surface area (Å²) in [4.78, 5) is 11.3. The lowest BCUT2D eigenvalue weighted by Gasteiger charge is -2.29. The van der Waals surface area contributed by atoms with Crippen molar-refractivity contribution in [2.75, 3.05) is 0 Å². The third-order valence-corrected chi connectivity index (χ3v) is 6.19. The van der Waals surface area contributed by atoms with Crippen LogP contribution in [0.15, 0.2) is 0 Å². The maximum atomic E-state index is 11.3. The number of hydrogen-bond acceptors (Lipinski definition) is 3. The van der Waals surface area contributed by atoms with Gasteiger partial charge in [0.2, 0.25) is 5.79 Å². The van der Waals surface area contributed by atoms with E-state index in [0.29, 0.717) is 12.0 Å². The molecule has 0 aromatic heterocycles. The van der Waals surface area contributed by atoms with E-state index in [-0.39, 0.29) is 5.97 Å². The predicted molar refractivity (Wildman–Crippen MR) is 54.2 cm³/mol. The van der Waals surface area contributed by atoms with E-state index < -0.39 is 5.79 Å². The van der Waals surface area contributed by atoms with Gasteiger partial charge in [0.15, 0.2) is 0 Å². The molecule has 86 valence electrons. The fraction of sp³-hybridized carbons (Fsp3) is 0.923. The zero-order valence-corrected chi connectivity index (χ0v) is 9.39. The topological polar surface area (TPSA) is 35.5 Å². The van der Waals surface area contributed by atoms with Crippen LogP contribution >= 0.6 is 0 Å². The Hall–Kier alpha value is -0.570. The first kappa shape index (κ1) is 8.51. The largest absolute Gasteiger partial charge is 0.433 e. The number of ether oxygens (including phenoxy) is 2. The molecule has 2 unspecified atom stereocenters. The Balaban J connectivity index is 1.67. The molecule has 1 heterocycles. The summed E-state index contributed by atoms with van der Waals surface area (Å²) in [6.45, 7) is 1.52. The second kappa shape index (κ2) is 2.20. The first-order valence-electron chi connectivity index (χ1n) is 6.57. The van der Waals surface area contributed by atoms with Crippen molar-refractivity contribution in [3.63, 3.8) is 0 Å². The molecule has 5 fully saturated rings. The van der Waals surface area contributed by atoms with Gasteiger partial charge in [0, 0.05) is 19.3 Å². The lowest BCUT2D eigenvalue weighted by Crippen LogP contribution is -2.38. The van der Waals surface area contributed by atoms with Crippen LogP contribution in [0.5, 0.6) is 0 Å². The molecule has 3 nitrogen and oxygen atoms in total. The van der Waals surface area contributed by atoms with Crippen LogP contribution in [-0.2, 0) is 14.3 Å². The van der Waals surface area contributed by atoms with Crippen LogP contribution < -0.4 is 0 Å². The molecule has 0 aromatic carbocycles. The SMILES string of the molecule is CC(=O)O[C@@]12C[C@@H]3C4C[C@H]5[C@@H]3C[C@@H](O1)[C@H]5C42. The summed E-state index contributed by atoms with van der Waals surface area (Å²) in [5, 5.41) is 0. The summed E-state index contributed by atoms with van der Waals surface area (Å²) in [7, 11) is 0. The summed E-state index contributed by atoms with van der Waals surface area (Å²) in [5.74, 6) is 4.05. The number of fused-ring (bicyclic) bond motifs is 1. The van der Waals surface area contributed by atoms with Gasteiger partial charge < -0.3 is 9.47 Å². The first-order chi connectivity index (χ1) is 7.70. The van der Waals surface area contributed by atoms with Gasteiger partial charge in [0.1, 0.15) is 0 Å². The van der Waals surface area contributed by atoms with Gasteiger partial charge in [-0.05, 0) is 42.4 Å². The van der Waals surface area contributed by atoms with Crippen molar-refractivity contribution < 1.29 is 14.3 Å². The highest BCUT2D eigenvalue weighted by Gasteiger charge is 2.80. The average Bonchev–Trinajstić information content (AvgIpc) is 2.79. The van der Waals surface area contributed by atoms with Gasteiger partial charge in [-0.1, -0.05) is 0 Å². The molecule has 8 atom stereocenters. The zero-order chi connectivity index (χ0) is 10.7. The average molecular weight is 220 g/mol. The van der Waals surface area contributed by atoms with Crippen molar-refractivity contribution in [1.82, 2.24) is 0 Å². The fourth-order valence-electron chi connectivity index (χ4n) is 6.26. The van der Waals surface area contributed by atoms with E-state index in [1.807, 2.05) is 0 Å². The van der Waals surface area contributed by atoms with E-state index in [4.69, 9.17) is 9.47 Å². The van der Waals surface area contributed by atoms with E-state index in [9.17, 15) is 4.79 Å². The van der Waals surface area contributed by atoms with Gasteiger partial charge >= 0.3 is 5.97 Å². The summed E-state index contributed by atoms with van der Waals surface area (Å²) in [5.41, 5.74) is 0. The lowest BCUT2D eigenvalue weighted by atomic mass is 9.79. The van der Waals surface area contributed by atoms with Crippen LogP contribution in [0.2, 0.25) is 0 Å². The molecule has 5 aliphatic rings. The van der Waals surface area contributed by atoms with Crippen LogP contribution in [0.1, 0.15) is 26.2 Å². The lowest BCUT2D eigenvalue weighted by molar-refractivity contribution is -0.230. The minimum absolute atomic E-state index is 0.164. The highest BCUT2D eigenvalue weighted by molar-refractivity contribution is 5.66. The molecule has 1 aliphatic heterocycles. The van der Waals surface area contributed by atoms with Gasteiger partial charge in [-0.15, -0.1) is 0 Å². The number of hydrogen-bond donors (Lipinski definition) is 0. The highest BCUT2D eigenvalue weighted by Crippen LogP contribution is 2.78. The van der Waals surface area contributed by atoms with Gasteiger partial charge in [-0.2, -0.15) is 0 Å². The van der Waals surface area contributed by atoms with E-state index in [1.54, 1.807) is 0 Å². The van der Waals surface area contributed by atoms with E-state index in [0.717, 1.165) is 36.0 Å². The fourth-order valence-corrected chi connectivity index (χ4v) is 6.26. The molecular weight excluding hydrogens is 204 g/mol. The van der Waals surface area contributed by atoms with E-state index >= 15 is 0 Å². The molecule has 3 heteroatoms. The van der Waals surface area contributed by atoms with Gasteiger partial charge in [-0.25, -0.2) is 0 Å². The monoisotopic (exact) mass is 220 g/mol. The second-order valence-electron chi connectivity index (χ2n) is 6.50. The van der Waals surface area contributed by atoms with Crippen LogP contribution in [-0.4, -0.2) is 17.9 Å². The maximum Gasteiger partial charge on any atom is 0.305 e. The number of carbonyl (C=O) groups is 1. The van der Waals surface area contributed by atoms with Crippen molar-refractivity contribution in [2.45, 2.75) is 38.1 Å². The number of esters is 1. The molecule has 0 spiro atoms. The molecule has 1 saturated heterocycles. The predicted octanol–water partition coefficient (Wildman–Crippen LogP) is 1.57. The van der Waals surface area contributed by atoms with Gasteiger partial charge in [0.05, 0.1) is 6.10 Å². The Morgan fingerprint density at radius 3 is 2.94 bits per heavy atom. The normalized spacial score (nSPS) is 67.2. The van der Waals surface area contributed by atoms with E-state index in [1.165, 1.54) is 19.8 Å².